The van der Waals surface area contributed by atoms with Crippen LogP contribution in [0.2, 0.25) is 0 Å². The van der Waals surface area contributed by atoms with Crippen LogP contribution in [0.3, 0.4) is 0 Å². The molecule has 10 heteroatoms. The van der Waals surface area contributed by atoms with Gasteiger partial charge in [0.15, 0.2) is 0 Å². The number of aromatic nitrogens is 1. The molecule has 0 aliphatic heterocycles. The Morgan fingerprint density at radius 1 is 0.978 bits per heavy atom. The van der Waals surface area contributed by atoms with Gasteiger partial charge < -0.3 is 30.1 Å². The molecule has 0 radical (unpaired) electrons. The molecule has 1 aromatic heterocycles. The third-order valence-electron chi connectivity index (χ3n) is 7.77. The molecule has 2 amide bonds. The summed E-state index contributed by atoms with van der Waals surface area (Å²) in [7, 11) is 3.14. The predicted octanol–water partition coefficient (Wildman–Crippen LogP) is 4.77. The summed E-state index contributed by atoms with van der Waals surface area (Å²) in [6.45, 7) is 3.15. The molecule has 0 bridgehead atoms. The van der Waals surface area contributed by atoms with E-state index in [1.807, 2.05) is 71.8 Å². The third kappa shape index (κ3) is 8.91. The largest absolute Gasteiger partial charge is 0.497 e. The van der Waals surface area contributed by atoms with Gasteiger partial charge >= 0.3 is 0 Å². The highest BCUT2D eigenvalue weighted by Crippen LogP contribution is 2.31. The van der Waals surface area contributed by atoms with Crippen LogP contribution in [0.5, 0.6) is 11.5 Å². The van der Waals surface area contributed by atoms with E-state index in [1.54, 1.807) is 25.3 Å². The molecule has 1 heterocycles. The van der Waals surface area contributed by atoms with Crippen molar-refractivity contribution in [2.45, 2.75) is 57.5 Å². The lowest BCUT2D eigenvalue weighted by Crippen LogP contribution is -2.48. The molecule has 1 aliphatic rings. The lowest BCUT2D eigenvalue weighted by Gasteiger charge is -2.25. The molecule has 2 atom stereocenters. The quantitative estimate of drug-likeness (QED) is 0.174. The molecule has 1 aliphatic carbocycles. The number of carbonyl (C=O) groups is 2. The number of aliphatic hydroxyl groups excluding tert-OH is 1. The first kappa shape index (κ1) is 32.2. The first-order valence-electron chi connectivity index (χ1n) is 15.1. The Labute approximate surface area is 268 Å². The summed E-state index contributed by atoms with van der Waals surface area (Å²) in [5, 5.41) is 20.5. The molecule has 0 saturated heterocycles. The van der Waals surface area contributed by atoms with Crippen LogP contribution >= 0.6 is 11.3 Å². The van der Waals surface area contributed by atoms with Crippen molar-refractivity contribution >= 4 is 23.2 Å². The van der Waals surface area contributed by atoms with Crippen LogP contribution in [0.1, 0.15) is 55.4 Å². The summed E-state index contributed by atoms with van der Waals surface area (Å²) in [6.07, 6.45) is 1.42. The van der Waals surface area contributed by atoms with E-state index in [-0.39, 0.29) is 24.1 Å². The van der Waals surface area contributed by atoms with Crippen molar-refractivity contribution in [1.82, 2.24) is 20.5 Å². The Morgan fingerprint density at radius 3 is 2.40 bits per heavy atom. The molecule has 0 unspecified atom stereocenters. The lowest BCUT2D eigenvalue weighted by atomic mass is 10.00. The number of nitrogens with one attached hydrogen (secondary N) is 2. The van der Waals surface area contributed by atoms with E-state index in [0.29, 0.717) is 30.8 Å². The van der Waals surface area contributed by atoms with Gasteiger partial charge in [-0.3, -0.25) is 9.59 Å². The van der Waals surface area contributed by atoms with Crippen LogP contribution in [0, 0.1) is 6.92 Å². The zero-order chi connectivity index (χ0) is 31.8. The number of benzene rings is 3. The van der Waals surface area contributed by atoms with Gasteiger partial charge in [-0.15, -0.1) is 11.3 Å². The van der Waals surface area contributed by atoms with Crippen LogP contribution in [-0.2, 0) is 19.5 Å². The summed E-state index contributed by atoms with van der Waals surface area (Å²) >= 11 is 1.54. The number of methoxy groups -OCH3 is 2. The highest BCUT2D eigenvalue weighted by molar-refractivity contribution is 7.09. The number of aliphatic hydroxyl groups is 1. The molecule has 1 saturated carbocycles. The van der Waals surface area contributed by atoms with Gasteiger partial charge in [-0.25, -0.2) is 4.98 Å². The number of ether oxygens (including phenoxy) is 2. The fourth-order valence-electron chi connectivity index (χ4n) is 5.20. The molecular weight excluding hydrogens is 588 g/mol. The maximum Gasteiger partial charge on any atom is 0.254 e. The Kier molecular flexibility index (Phi) is 10.8. The van der Waals surface area contributed by atoms with Gasteiger partial charge in [-0.05, 0) is 67.6 Å². The van der Waals surface area contributed by atoms with Crippen LogP contribution in [0.25, 0.3) is 0 Å². The fraction of sp³-hybridized carbons (Fsp3) is 0.343. The topological polar surface area (TPSA) is 113 Å². The monoisotopic (exact) mass is 628 g/mol. The third-order valence-corrected chi connectivity index (χ3v) is 8.72. The van der Waals surface area contributed by atoms with E-state index in [9.17, 15) is 14.7 Å². The molecule has 9 nitrogen and oxygen atoms in total. The number of carbonyl (C=O) groups excluding carboxylic acids is 2. The summed E-state index contributed by atoms with van der Waals surface area (Å²) in [6, 6.07) is 21.9. The van der Waals surface area contributed by atoms with Crippen molar-refractivity contribution in [2.24, 2.45) is 0 Å². The average molecular weight is 629 g/mol. The first-order chi connectivity index (χ1) is 21.8. The number of rotatable bonds is 15. The van der Waals surface area contributed by atoms with Crippen molar-refractivity contribution < 1.29 is 24.2 Å². The minimum atomic E-state index is -0.890. The van der Waals surface area contributed by atoms with E-state index >= 15 is 0 Å². The van der Waals surface area contributed by atoms with Gasteiger partial charge in [0, 0.05) is 41.3 Å². The van der Waals surface area contributed by atoms with Crippen LogP contribution < -0.4 is 20.1 Å². The zero-order valence-electron chi connectivity index (χ0n) is 25.9. The molecule has 3 N–H and O–H groups in total. The van der Waals surface area contributed by atoms with E-state index < -0.39 is 18.1 Å². The average Bonchev–Trinajstić information content (AvgIpc) is 3.83. The number of thiazole rings is 1. The molecule has 3 aromatic carbocycles. The summed E-state index contributed by atoms with van der Waals surface area (Å²) in [4.78, 5) is 33.9. The Hall–Kier alpha value is -4.25. The van der Waals surface area contributed by atoms with Crippen LogP contribution in [0.4, 0.5) is 0 Å². The van der Waals surface area contributed by atoms with Gasteiger partial charge in [0.1, 0.15) is 16.5 Å². The number of hydrogen-bond donors (Lipinski definition) is 3. The Bertz CT molecular complexity index is 1590. The number of aryl methyl sites for hydroxylation is 1. The van der Waals surface area contributed by atoms with Crippen molar-refractivity contribution in [1.29, 1.82) is 0 Å². The molecule has 5 rings (SSSR count). The highest BCUT2D eigenvalue weighted by atomic mass is 32.1. The molecule has 45 heavy (non-hydrogen) atoms. The van der Waals surface area contributed by atoms with Crippen LogP contribution in [-0.4, -0.2) is 65.8 Å². The van der Waals surface area contributed by atoms with Crippen molar-refractivity contribution in [3.8, 4) is 11.5 Å². The number of amides is 2. The second-order valence-electron chi connectivity index (χ2n) is 11.3. The summed E-state index contributed by atoms with van der Waals surface area (Å²) < 4.78 is 10.8. The van der Waals surface area contributed by atoms with Gasteiger partial charge in [0.25, 0.3) is 11.8 Å². The highest BCUT2D eigenvalue weighted by Gasteiger charge is 2.34. The number of hydrogen-bond acceptors (Lipinski definition) is 8. The predicted molar refractivity (Wildman–Crippen MR) is 175 cm³/mol. The minimum absolute atomic E-state index is 0.153. The molecular formula is C35H40N4O5S. The Morgan fingerprint density at radius 2 is 1.71 bits per heavy atom. The number of nitrogens with zero attached hydrogens (tertiary/aromatic N) is 2. The van der Waals surface area contributed by atoms with E-state index in [1.165, 1.54) is 18.4 Å². The van der Waals surface area contributed by atoms with Gasteiger partial charge in [-0.2, -0.15) is 0 Å². The van der Waals surface area contributed by atoms with Crippen molar-refractivity contribution in [2.75, 3.05) is 20.8 Å². The Balaban J connectivity index is 1.32. The molecule has 0 spiro atoms. The smallest absolute Gasteiger partial charge is 0.254 e. The summed E-state index contributed by atoms with van der Waals surface area (Å²) in [5.41, 5.74) is 3.59. The fourth-order valence-corrected chi connectivity index (χ4v) is 5.97. The second-order valence-corrected chi connectivity index (χ2v) is 12.3. The van der Waals surface area contributed by atoms with E-state index in [2.05, 4.69) is 15.6 Å². The van der Waals surface area contributed by atoms with Crippen LogP contribution in [0.15, 0.2) is 78.2 Å². The van der Waals surface area contributed by atoms with Gasteiger partial charge in [-0.1, -0.05) is 42.5 Å². The summed E-state index contributed by atoms with van der Waals surface area (Å²) in [5.74, 6) is 0.607. The second kappa shape index (κ2) is 15.2. The van der Waals surface area contributed by atoms with E-state index in [4.69, 9.17) is 9.47 Å². The molecule has 1 fully saturated rings. The SMILES string of the molecule is COc1cccc(CNC[C@@H](O)[C@H](Cc2ccccc2)NC(=O)c2cc(OC)cc(C(=O)N(Cc3nc(C)cs3)C3CC3)c2)c1. The maximum atomic E-state index is 13.8. The standard InChI is InChI=1S/C35H40N4O5S/c1-23-22-45-33(37-23)21-39(28-12-13-28)35(42)27-16-26(17-30(18-27)44-3)34(41)38-31(15-24-8-5-4-6-9-24)32(40)20-36-19-25-10-7-11-29(14-25)43-2/h4-11,14,16-18,22,28,31-32,36,40H,12-13,15,19-21H2,1-3H3,(H,38,41)/t31-,32+/m0/s1. The molecule has 236 valence electrons. The maximum absolute atomic E-state index is 13.8. The zero-order valence-corrected chi connectivity index (χ0v) is 26.7. The normalized spacial score (nSPS) is 14.0. The van der Waals surface area contributed by atoms with Gasteiger partial charge in [0.2, 0.25) is 0 Å². The lowest BCUT2D eigenvalue weighted by molar-refractivity contribution is 0.0729. The van der Waals surface area contributed by atoms with E-state index in [0.717, 1.165) is 40.4 Å². The van der Waals surface area contributed by atoms with Gasteiger partial charge in [0.05, 0.1) is 32.9 Å². The van der Waals surface area contributed by atoms with Crippen molar-refractivity contribution in [3.05, 3.63) is 111 Å². The molecule has 4 aromatic rings. The minimum Gasteiger partial charge on any atom is -0.497 e. The first-order valence-corrected chi connectivity index (χ1v) is 16.0. The van der Waals surface area contributed by atoms with Crippen molar-refractivity contribution in [3.63, 3.8) is 0 Å².